The molecule has 2 rings (SSSR count). The van der Waals surface area contributed by atoms with E-state index in [-0.39, 0.29) is 33.2 Å². The number of rotatable bonds is 4. The van der Waals surface area contributed by atoms with Crippen LogP contribution >= 0.6 is 23.2 Å². The van der Waals surface area contributed by atoms with Crippen molar-refractivity contribution in [2.75, 3.05) is 0 Å². The molecule has 9 heteroatoms. The van der Waals surface area contributed by atoms with E-state index in [9.17, 15) is 13.2 Å². The van der Waals surface area contributed by atoms with Gasteiger partial charge in [-0.2, -0.15) is 0 Å². The van der Waals surface area contributed by atoms with Crippen LogP contribution in [0.2, 0.25) is 10.0 Å². The van der Waals surface area contributed by atoms with Crippen LogP contribution in [0.5, 0.6) is 5.75 Å². The van der Waals surface area contributed by atoms with Crippen molar-refractivity contribution in [3.63, 3.8) is 0 Å². The number of aliphatic carboxylic acids is 1. The Balaban J connectivity index is 2.52. The predicted octanol–water partition coefficient (Wildman–Crippen LogP) is 2.07. The molecule has 0 aromatic heterocycles. The summed E-state index contributed by atoms with van der Waals surface area (Å²) < 4.78 is 32.0. The maximum atomic E-state index is 12.2. The Kier molecular flexibility index (Phi) is 4.39. The van der Waals surface area contributed by atoms with Crippen molar-refractivity contribution in [1.82, 2.24) is 4.72 Å². The average Bonchev–Trinajstić information content (AvgIpc) is 2.76. The monoisotopic (exact) mass is 353 g/mol. The van der Waals surface area contributed by atoms with E-state index in [0.717, 1.165) is 0 Å². The van der Waals surface area contributed by atoms with Crippen LogP contribution in [0.1, 0.15) is 19.4 Å². The molecule has 0 fully saturated rings. The number of benzene rings is 1. The zero-order chi connectivity index (χ0) is 15.9. The highest BCUT2D eigenvalue weighted by Gasteiger charge is 2.34. The molecule has 0 aliphatic carbocycles. The van der Waals surface area contributed by atoms with Crippen LogP contribution in [0.4, 0.5) is 0 Å². The van der Waals surface area contributed by atoms with Crippen molar-refractivity contribution in [1.29, 1.82) is 0 Å². The van der Waals surface area contributed by atoms with Crippen LogP contribution in [-0.4, -0.2) is 31.6 Å². The molecule has 21 heavy (non-hydrogen) atoms. The van der Waals surface area contributed by atoms with Gasteiger partial charge in [0, 0.05) is 18.0 Å². The summed E-state index contributed by atoms with van der Waals surface area (Å²) in [7, 11) is -3.84. The summed E-state index contributed by atoms with van der Waals surface area (Å²) in [6.07, 6.45) is -1.06. The van der Waals surface area contributed by atoms with Gasteiger partial charge in [-0.1, -0.05) is 23.2 Å². The Bertz CT molecular complexity index is 702. The highest BCUT2D eigenvalue weighted by molar-refractivity contribution is 7.89. The smallest absolute Gasteiger partial charge is 0.345 e. The average molecular weight is 354 g/mol. The van der Waals surface area contributed by atoms with Gasteiger partial charge in [0.15, 0.2) is 6.10 Å². The minimum absolute atomic E-state index is 0.0335. The molecule has 0 radical (unpaired) electrons. The zero-order valence-corrected chi connectivity index (χ0v) is 13.5. The SMILES string of the molecule is CC(C)NS(=O)(=O)c1cc2c(c(Cl)c1Cl)OC(C(=O)O)C2. The van der Waals surface area contributed by atoms with Crippen molar-refractivity contribution in [3.8, 4) is 5.75 Å². The van der Waals surface area contributed by atoms with E-state index in [2.05, 4.69) is 4.72 Å². The maximum Gasteiger partial charge on any atom is 0.345 e. The lowest BCUT2D eigenvalue weighted by atomic mass is 10.1. The molecule has 0 amide bonds. The number of carbonyl (C=O) groups is 1. The Hall–Kier alpha value is -1.02. The fourth-order valence-electron chi connectivity index (χ4n) is 2.01. The number of sulfonamides is 1. The van der Waals surface area contributed by atoms with Gasteiger partial charge in [0.2, 0.25) is 10.0 Å². The second-order valence-electron chi connectivity index (χ2n) is 4.92. The summed E-state index contributed by atoms with van der Waals surface area (Å²) in [4.78, 5) is 10.8. The number of hydrogen-bond donors (Lipinski definition) is 2. The van der Waals surface area contributed by atoms with E-state index in [1.54, 1.807) is 13.8 Å². The summed E-state index contributed by atoms with van der Waals surface area (Å²) >= 11 is 12.0. The number of halogens is 2. The highest BCUT2D eigenvalue weighted by atomic mass is 35.5. The number of fused-ring (bicyclic) bond motifs is 1. The Morgan fingerprint density at radius 2 is 2.05 bits per heavy atom. The first-order valence-corrected chi connectivity index (χ1v) is 8.30. The van der Waals surface area contributed by atoms with Crippen molar-refractivity contribution >= 4 is 39.2 Å². The molecule has 0 saturated heterocycles. The van der Waals surface area contributed by atoms with E-state index in [4.69, 9.17) is 33.0 Å². The topological polar surface area (TPSA) is 92.7 Å². The van der Waals surface area contributed by atoms with E-state index >= 15 is 0 Å². The molecule has 116 valence electrons. The molecule has 6 nitrogen and oxygen atoms in total. The summed E-state index contributed by atoms with van der Waals surface area (Å²) in [5.74, 6) is -1.03. The molecule has 1 unspecified atom stereocenters. The minimum atomic E-state index is -3.84. The molecule has 1 atom stereocenters. The van der Waals surface area contributed by atoms with Crippen molar-refractivity contribution in [2.45, 2.75) is 37.3 Å². The van der Waals surface area contributed by atoms with Crippen LogP contribution in [0.25, 0.3) is 0 Å². The third-order valence-corrected chi connectivity index (χ3v) is 5.47. The lowest BCUT2D eigenvalue weighted by molar-refractivity contribution is -0.144. The molecule has 1 aliphatic rings. The summed E-state index contributed by atoms with van der Waals surface area (Å²) in [5.41, 5.74) is 0.404. The molecule has 1 aromatic carbocycles. The van der Waals surface area contributed by atoms with Gasteiger partial charge >= 0.3 is 5.97 Å². The Labute approximate surface area is 132 Å². The van der Waals surface area contributed by atoms with Crippen molar-refractivity contribution in [3.05, 3.63) is 21.7 Å². The number of hydrogen-bond acceptors (Lipinski definition) is 4. The predicted molar refractivity (Wildman–Crippen MR) is 77.7 cm³/mol. The quantitative estimate of drug-likeness (QED) is 0.864. The zero-order valence-electron chi connectivity index (χ0n) is 11.2. The van der Waals surface area contributed by atoms with Crippen LogP contribution in [0.15, 0.2) is 11.0 Å². The number of carboxylic acids is 1. The molecule has 1 aromatic rings. The van der Waals surface area contributed by atoms with Gasteiger partial charge in [-0.3, -0.25) is 0 Å². The standard InChI is InChI=1S/C12H13Cl2NO5S/c1-5(2)15-21(18,19)8-4-6-3-7(12(16)17)20-11(6)10(14)9(8)13/h4-5,7,15H,3H2,1-2H3,(H,16,17). The first kappa shape index (κ1) is 16.4. The van der Waals surface area contributed by atoms with E-state index in [1.165, 1.54) is 6.07 Å². The fourth-order valence-corrected chi connectivity index (χ4v) is 4.16. The second-order valence-corrected chi connectivity index (χ2v) is 7.35. The largest absolute Gasteiger partial charge is 0.478 e. The molecular weight excluding hydrogens is 341 g/mol. The lowest BCUT2D eigenvalue weighted by Crippen LogP contribution is -2.30. The summed E-state index contributed by atoms with van der Waals surface area (Å²) in [6, 6.07) is 0.984. The van der Waals surface area contributed by atoms with Crippen LogP contribution < -0.4 is 9.46 Å². The summed E-state index contributed by atoms with van der Waals surface area (Å²) in [6.45, 7) is 3.34. The number of carboxylic acid groups (broad SMARTS) is 1. The molecule has 0 saturated carbocycles. The molecule has 2 N–H and O–H groups in total. The first-order valence-electron chi connectivity index (χ1n) is 6.06. The van der Waals surface area contributed by atoms with Gasteiger partial charge in [0.05, 0.1) is 5.02 Å². The number of ether oxygens (including phenoxy) is 1. The minimum Gasteiger partial charge on any atom is -0.478 e. The van der Waals surface area contributed by atoms with Gasteiger partial charge < -0.3 is 9.84 Å². The van der Waals surface area contributed by atoms with Gasteiger partial charge in [-0.05, 0) is 19.9 Å². The molecule has 0 spiro atoms. The van der Waals surface area contributed by atoms with Crippen molar-refractivity contribution < 1.29 is 23.1 Å². The third kappa shape index (κ3) is 3.11. The van der Waals surface area contributed by atoms with E-state index < -0.39 is 22.1 Å². The molecular formula is C12H13Cl2NO5S. The highest BCUT2D eigenvalue weighted by Crippen LogP contribution is 2.43. The second kappa shape index (κ2) is 5.64. The lowest BCUT2D eigenvalue weighted by Gasteiger charge is -2.13. The van der Waals surface area contributed by atoms with Gasteiger partial charge in [-0.15, -0.1) is 0 Å². The van der Waals surface area contributed by atoms with Gasteiger partial charge in [0.25, 0.3) is 0 Å². The summed E-state index contributed by atoms with van der Waals surface area (Å²) in [5, 5.41) is 8.68. The fraction of sp³-hybridized carbons (Fsp3) is 0.417. The normalized spacial score (nSPS) is 17.7. The van der Waals surface area contributed by atoms with Crippen molar-refractivity contribution in [2.24, 2.45) is 0 Å². The third-order valence-electron chi connectivity index (χ3n) is 2.83. The Morgan fingerprint density at radius 3 is 2.57 bits per heavy atom. The van der Waals surface area contributed by atoms with E-state index in [0.29, 0.717) is 5.56 Å². The first-order chi connectivity index (χ1) is 9.63. The molecule has 1 heterocycles. The van der Waals surface area contributed by atoms with E-state index in [1.807, 2.05) is 0 Å². The van der Waals surface area contributed by atoms with Gasteiger partial charge in [-0.25, -0.2) is 17.9 Å². The van der Waals surface area contributed by atoms with Crippen LogP contribution in [0, 0.1) is 0 Å². The Morgan fingerprint density at radius 1 is 1.43 bits per heavy atom. The van der Waals surface area contributed by atoms with Gasteiger partial charge in [0.1, 0.15) is 15.7 Å². The maximum absolute atomic E-state index is 12.2. The van der Waals surface area contributed by atoms with Crippen LogP contribution in [-0.2, 0) is 21.2 Å². The molecule has 0 bridgehead atoms. The van der Waals surface area contributed by atoms with Crippen LogP contribution in [0.3, 0.4) is 0 Å². The molecule has 1 aliphatic heterocycles. The number of nitrogens with one attached hydrogen (secondary N) is 1.